The van der Waals surface area contributed by atoms with Crippen LogP contribution in [0.2, 0.25) is 0 Å². The van der Waals surface area contributed by atoms with E-state index in [9.17, 15) is 5.11 Å². The Labute approximate surface area is 115 Å². The van der Waals surface area contributed by atoms with Gasteiger partial charge in [-0.2, -0.15) is 0 Å². The molecule has 2 heterocycles. The molecule has 6 heteroatoms. The van der Waals surface area contributed by atoms with Crippen molar-refractivity contribution in [2.75, 3.05) is 19.8 Å². The molecule has 2 N–H and O–H groups in total. The van der Waals surface area contributed by atoms with Crippen molar-refractivity contribution in [1.82, 2.24) is 10.3 Å². The van der Waals surface area contributed by atoms with E-state index in [0.29, 0.717) is 25.5 Å². The zero-order chi connectivity index (χ0) is 13.0. The van der Waals surface area contributed by atoms with Crippen molar-refractivity contribution in [2.24, 2.45) is 0 Å². The van der Waals surface area contributed by atoms with Crippen LogP contribution in [0.15, 0.2) is 16.7 Å². The molecule has 0 atom stereocenters. The van der Waals surface area contributed by atoms with E-state index in [4.69, 9.17) is 9.47 Å². The minimum atomic E-state index is -0.470. The van der Waals surface area contributed by atoms with Crippen LogP contribution in [0.25, 0.3) is 0 Å². The van der Waals surface area contributed by atoms with Gasteiger partial charge in [0.25, 0.3) is 0 Å². The predicted molar refractivity (Wildman–Crippen MR) is 70.2 cm³/mol. The first kappa shape index (κ1) is 13.7. The Hall–Kier alpha value is -0.690. The maximum Gasteiger partial charge on any atom is 0.166 e. The van der Waals surface area contributed by atoms with E-state index in [2.05, 4.69) is 26.2 Å². The Balaban J connectivity index is 1.75. The van der Waals surface area contributed by atoms with Gasteiger partial charge in [-0.1, -0.05) is 0 Å². The minimum absolute atomic E-state index is 0.191. The second-order valence-corrected chi connectivity index (χ2v) is 5.29. The Bertz CT molecular complexity index is 408. The molecule has 18 heavy (non-hydrogen) atoms. The average molecular weight is 317 g/mol. The van der Waals surface area contributed by atoms with Gasteiger partial charge >= 0.3 is 0 Å². The Morgan fingerprint density at radius 1 is 1.50 bits per heavy atom. The molecule has 1 aromatic rings. The number of pyridine rings is 1. The average Bonchev–Trinajstić information content (AvgIpc) is 2.74. The van der Waals surface area contributed by atoms with Crippen LogP contribution in [0.1, 0.15) is 19.0 Å². The van der Waals surface area contributed by atoms with Crippen molar-refractivity contribution >= 4 is 15.9 Å². The maximum atomic E-state index is 9.67. The van der Waals surface area contributed by atoms with Crippen molar-refractivity contribution < 1.29 is 14.6 Å². The van der Waals surface area contributed by atoms with Crippen molar-refractivity contribution in [1.29, 1.82) is 0 Å². The van der Waals surface area contributed by atoms with Crippen molar-refractivity contribution in [3.05, 3.63) is 22.4 Å². The van der Waals surface area contributed by atoms with E-state index in [1.165, 1.54) is 0 Å². The first-order chi connectivity index (χ1) is 8.59. The summed E-state index contributed by atoms with van der Waals surface area (Å²) in [5.41, 5.74) is 0.636. The van der Waals surface area contributed by atoms with Crippen LogP contribution in [0.5, 0.6) is 5.75 Å². The van der Waals surface area contributed by atoms with Gasteiger partial charge in [-0.05, 0) is 28.9 Å². The van der Waals surface area contributed by atoms with E-state index in [1.807, 2.05) is 6.92 Å². The van der Waals surface area contributed by atoms with Gasteiger partial charge in [0.15, 0.2) is 5.79 Å². The zero-order valence-electron chi connectivity index (χ0n) is 10.3. The minimum Gasteiger partial charge on any atom is -0.506 e. The SMILES string of the molecule is CC1(CCNCc2ncc(Br)cc2O)OCCO1. The molecule has 0 saturated carbocycles. The summed E-state index contributed by atoms with van der Waals surface area (Å²) in [6, 6.07) is 1.63. The molecule has 0 aliphatic carbocycles. The highest BCUT2D eigenvalue weighted by Crippen LogP contribution is 2.22. The second kappa shape index (κ2) is 5.97. The number of halogens is 1. The fourth-order valence-corrected chi connectivity index (χ4v) is 2.14. The summed E-state index contributed by atoms with van der Waals surface area (Å²) >= 11 is 3.25. The molecule has 2 rings (SSSR count). The Morgan fingerprint density at radius 3 is 2.89 bits per heavy atom. The highest BCUT2D eigenvalue weighted by atomic mass is 79.9. The third kappa shape index (κ3) is 3.65. The molecular formula is C12H17BrN2O3. The Morgan fingerprint density at radius 2 is 2.22 bits per heavy atom. The zero-order valence-corrected chi connectivity index (χ0v) is 11.9. The number of hydrogen-bond donors (Lipinski definition) is 2. The van der Waals surface area contributed by atoms with Crippen LogP contribution in [0, 0.1) is 0 Å². The molecule has 0 unspecified atom stereocenters. The van der Waals surface area contributed by atoms with Crippen LogP contribution >= 0.6 is 15.9 Å². The van der Waals surface area contributed by atoms with Gasteiger partial charge in [0.05, 0.1) is 18.9 Å². The summed E-state index contributed by atoms with van der Waals surface area (Å²) in [6.45, 7) is 4.52. The monoisotopic (exact) mass is 316 g/mol. The van der Waals surface area contributed by atoms with Crippen LogP contribution in [0.3, 0.4) is 0 Å². The molecule has 0 amide bonds. The lowest BCUT2D eigenvalue weighted by Crippen LogP contribution is -2.31. The largest absolute Gasteiger partial charge is 0.506 e. The number of aromatic nitrogens is 1. The molecule has 100 valence electrons. The summed E-state index contributed by atoms with van der Waals surface area (Å²) in [5.74, 6) is -0.279. The lowest BCUT2D eigenvalue weighted by atomic mass is 10.2. The third-order valence-corrected chi connectivity index (χ3v) is 3.29. The lowest BCUT2D eigenvalue weighted by Gasteiger charge is -2.22. The van der Waals surface area contributed by atoms with E-state index in [0.717, 1.165) is 17.4 Å². The standard InChI is InChI=1S/C12H17BrN2O3/c1-12(17-4-5-18-12)2-3-14-8-10-11(16)6-9(13)7-15-10/h6-7,14,16H,2-5,8H2,1H3. The number of ether oxygens (including phenoxy) is 2. The van der Waals surface area contributed by atoms with Crippen LogP contribution in [0.4, 0.5) is 0 Å². The number of aromatic hydroxyl groups is 1. The second-order valence-electron chi connectivity index (χ2n) is 4.38. The molecule has 1 fully saturated rings. The normalized spacial score (nSPS) is 18.1. The van der Waals surface area contributed by atoms with Gasteiger partial charge in [0, 0.05) is 30.2 Å². The summed E-state index contributed by atoms with van der Waals surface area (Å²) in [6.07, 6.45) is 2.44. The quantitative estimate of drug-likeness (QED) is 0.811. The topological polar surface area (TPSA) is 63.6 Å². The summed E-state index contributed by atoms with van der Waals surface area (Å²) in [7, 11) is 0. The van der Waals surface area contributed by atoms with Gasteiger partial charge in [0.2, 0.25) is 0 Å². The molecule has 0 aromatic carbocycles. The molecule has 1 aromatic heterocycles. The Kier molecular flexibility index (Phi) is 4.55. The van der Waals surface area contributed by atoms with Gasteiger partial charge in [-0.15, -0.1) is 0 Å². The summed E-state index contributed by atoms with van der Waals surface area (Å²) < 4.78 is 11.8. The van der Waals surface area contributed by atoms with E-state index in [1.54, 1.807) is 12.3 Å². The van der Waals surface area contributed by atoms with Gasteiger partial charge in [-0.3, -0.25) is 4.98 Å². The smallest absolute Gasteiger partial charge is 0.166 e. The van der Waals surface area contributed by atoms with Gasteiger partial charge in [-0.25, -0.2) is 0 Å². The van der Waals surface area contributed by atoms with Gasteiger partial charge < -0.3 is 19.9 Å². The summed E-state index contributed by atoms with van der Waals surface area (Å²) in [4.78, 5) is 4.14. The predicted octanol–water partition coefficient (Wildman–Crippen LogP) is 1.79. The highest BCUT2D eigenvalue weighted by molar-refractivity contribution is 9.10. The van der Waals surface area contributed by atoms with Crippen molar-refractivity contribution in [2.45, 2.75) is 25.7 Å². The number of nitrogens with one attached hydrogen (secondary N) is 1. The maximum absolute atomic E-state index is 9.67. The van der Waals surface area contributed by atoms with Crippen molar-refractivity contribution in [3.63, 3.8) is 0 Å². The summed E-state index contributed by atoms with van der Waals surface area (Å²) in [5, 5.41) is 12.9. The number of hydrogen-bond acceptors (Lipinski definition) is 5. The number of nitrogens with zero attached hydrogens (tertiary/aromatic N) is 1. The first-order valence-electron chi connectivity index (χ1n) is 5.91. The van der Waals surface area contributed by atoms with E-state index < -0.39 is 5.79 Å². The molecule has 1 aliphatic heterocycles. The number of rotatable bonds is 5. The van der Waals surface area contributed by atoms with Crippen LogP contribution in [-0.2, 0) is 16.0 Å². The molecule has 1 aliphatic rings. The van der Waals surface area contributed by atoms with Crippen LogP contribution < -0.4 is 5.32 Å². The van der Waals surface area contributed by atoms with E-state index >= 15 is 0 Å². The first-order valence-corrected chi connectivity index (χ1v) is 6.70. The fourth-order valence-electron chi connectivity index (χ4n) is 1.82. The lowest BCUT2D eigenvalue weighted by molar-refractivity contribution is -0.145. The molecule has 1 saturated heterocycles. The molecule has 0 bridgehead atoms. The fraction of sp³-hybridized carbons (Fsp3) is 0.583. The highest BCUT2D eigenvalue weighted by Gasteiger charge is 2.29. The molecule has 0 radical (unpaired) electrons. The third-order valence-electron chi connectivity index (χ3n) is 2.86. The molecular weight excluding hydrogens is 300 g/mol. The van der Waals surface area contributed by atoms with Gasteiger partial charge in [0.1, 0.15) is 5.75 Å². The van der Waals surface area contributed by atoms with Crippen molar-refractivity contribution in [3.8, 4) is 5.75 Å². The van der Waals surface area contributed by atoms with E-state index in [-0.39, 0.29) is 5.75 Å². The van der Waals surface area contributed by atoms with Crippen LogP contribution in [-0.4, -0.2) is 35.6 Å². The molecule has 0 spiro atoms. The molecule has 5 nitrogen and oxygen atoms in total.